The molecule has 1 amide bonds. The molecule has 2 unspecified atom stereocenters. The maximum atomic E-state index is 12.9. The quantitative estimate of drug-likeness (QED) is 0.830. The summed E-state index contributed by atoms with van der Waals surface area (Å²) in [7, 11) is 2.13. The fraction of sp³-hybridized carbons (Fsp3) is 0.632. The van der Waals surface area contributed by atoms with Crippen molar-refractivity contribution in [2.24, 2.45) is 5.92 Å². The van der Waals surface area contributed by atoms with Crippen molar-refractivity contribution in [3.05, 3.63) is 35.4 Å². The van der Waals surface area contributed by atoms with Crippen LogP contribution in [-0.4, -0.2) is 54.7 Å². The predicted octanol–water partition coefficient (Wildman–Crippen LogP) is 3.34. The van der Waals surface area contributed by atoms with Gasteiger partial charge in [0.25, 0.3) is 0 Å². The number of carbonyl (C=O) groups is 1. The minimum absolute atomic E-state index is 0.216. The highest BCUT2D eigenvalue weighted by Crippen LogP contribution is 2.36. The van der Waals surface area contributed by atoms with E-state index in [0.717, 1.165) is 51.2 Å². The average molecular weight is 333 g/mol. The molecule has 1 aromatic rings. The molecule has 3 nitrogen and oxygen atoms in total. The van der Waals surface area contributed by atoms with Gasteiger partial charge in [-0.15, -0.1) is 0 Å². The maximum Gasteiger partial charge on any atom is 0.227 e. The number of aryl methyl sites for hydroxylation is 1. The summed E-state index contributed by atoms with van der Waals surface area (Å²) >= 11 is 2.02. The average Bonchev–Trinajstić information content (AvgIpc) is 2.80. The summed E-state index contributed by atoms with van der Waals surface area (Å²) in [4.78, 5) is 17.3. The van der Waals surface area contributed by atoms with Gasteiger partial charge >= 0.3 is 0 Å². The van der Waals surface area contributed by atoms with Gasteiger partial charge < -0.3 is 9.80 Å². The summed E-state index contributed by atoms with van der Waals surface area (Å²) in [5.41, 5.74) is 2.82. The highest BCUT2D eigenvalue weighted by Gasteiger charge is 2.30. The molecule has 2 saturated heterocycles. The molecule has 0 radical (unpaired) electrons. The molecule has 126 valence electrons. The van der Waals surface area contributed by atoms with E-state index in [4.69, 9.17) is 0 Å². The molecule has 0 N–H and O–H groups in total. The van der Waals surface area contributed by atoms with E-state index in [1.54, 1.807) is 0 Å². The van der Waals surface area contributed by atoms with Crippen molar-refractivity contribution < 1.29 is 4.79 Å². The molecule has 3 rings (SSSR count). The number of hydrogen-bond donors (Lipinski definition) is 0. The second kappa shape index (κ2) is 7.71. The van der Waals surface area contributed by atoms with Gasteiger partial charge in [-0.1, -0.05) is 24.3 Å². The zero-order chi connectivity index (χ0) is 16.2. The van der Waals surface area contributed by atoms with Crippen molar-refractivity contribution in [3.63, 3.8) is 0 Å². The largest absolute Gasteiger partial charge is 0.342 e. The lowest BCUT2D eigenvalue weighted by atomic mass is 9.96. The Morgan fingerprint density at radius 2 is 2.00 bits per heavy atom. The van der Waals surface area contributed by atoms with E-state index >= 15 is 0 Å². The van der Waals surface area contributed by atoms with E-state index < -0.39 is 0 Å². The third-order valence-electron chi connectivity index (χ3n) is 5.16. The monoisotopic (exact) mass is 332 g/mol. The van der Waals surface area contributed by atoms with Crippen LogP contribution in [0.2, 0.25) is 0 Å². The molecular weight excluding hydrogens is 304 g/mol. The van der Waals surface area contributed by atoms with E-state index in [0.29, 0.717) is 11.2 Å². The minimum Gasteiger partial charge on any atom is -0.342 e. The first-order valence-electron chi connectivity index (χ1n) is 8.79. The zero-order valence-corrected chi connectivity index (χ0v) is 15.1. The Hall–Kier alpha value is -1.000. The van der Waals surface area contributed by atoms with Gasteiger partial charge in [-0.05, 0) is 50.9 Å². The van der Waals surface area contributed by atoms with Gasteiger partial charge in [-0.25, -0.2) is 0 Å². The second-order valence-corrected chi connectivity index (χ2v) is 8.24. The third-order valence-corrected chi connectivity index (χ3v) is 6.47. The zero-order valence-electron chi connectivity index (χ0n) is 14.3. The molecule has 4 heteroatoms. The van der Waals surface area contributed by atoms with Crippen molar-refractivity contribution in [2.45, 2.75) is 31.4 Å². The van der Waals surface area contributed by atoms with Crippen molar-refractivity contribution in [3.8, 4) is 0 Å². The molecule has 2 aliphatic rings. The van der Waals surface area contributed by atoms with Crippen LogP contribution in [0.1, 0.15) is 35.6 Å². The van der Waals surface area contributed by atoms with Crippen LogP contribution < -0.4 is 0 Å². The number of piperidine rings is 1. The van der Waals surface area contributed by atoms with Crippen LogP contribution >= 0.6 is 11.8 Å². The molecular formula is C19H28N2OS. The number of carbonyl (C=O) groups excluding carboxylic acids is 1. The fourth-order valence-electron chi connectivity index (χ4n) is 3.81. The summed E-state index contributed by atoms with van der Waals surface area (Å²) in [6.45, 7) is 6.08. The van der Waals surface area contributed by atoms with Gasteiger partial charge in [0.05, 0.1) is 5.92 Å². The van der Waals surface area contributed by atoms with Crippen molar-refractivity contribution in [1.29, 1.82) is 0 Å². The Balaban J connectivity index is 1.62. The molecule has 0 aliphatic carbocycles. The Morgan fingerprint density at radius 1 is 1.17 bits per heavy atom. The maximum absolute atomic E-state index is 12.9. The van der Waals surface area contributed by atoms with Gasteiger partial charge in [0.2, 0.25) is 5.91 Å². The first kappa shape index (κ1) is 16.8. The molecule has 2 fully saturated rings. The minimum atomic E-state index is 0.216. The Labute approximate surface area is 144 Å². The Bertz CT molecular complexity index is 548. The van der Waals surface area contributed by atoms with Gasteiger partial charge in [-0.3, -0.25) is 4.79 Å². The first-order chi connectivity index (χ1) is 11.1. The van der Waals surface area contributed by atoms with E-state index in [1.807, 2.05) is 11.8 Å². The molecule has 2 atom stereocenters. The highest BCUT2D eigenvalue weighted by molar-refractivity contribution is 7.99. The number of likely N-dealkylation sites (tertiary alicyclic amines) is 1. The summed E-state index contributed by atoms with van der Waals surface area (Å²) in [5.74, 6) is 1.66. The van der Waals surface area contributed by atoms with Crippen molar-refractivity contribution in [2.75, 3.05) is 39.0 Å². The predicted molar refractivity (Wildman–Crippen MR) is 97.8 cm³/mol. The number of benzene rings is 1. The Morgan fingerprint density at radius 3 is 2.78 bits per heavy atom. The number of thioether (sulfide) groups is 1. The van der Waals surface area contributed by atoms with E-state index in [-0.39, 0.29) is 5.92 Å². The lowest BCUT2D eigenvalue weighted by Crippen LogP contribution is -2.44. The lowest BCUT2D eigenvalue weighted by molar-refractivity contribution is -0.136. The van der Waals surface area contributed by atoms with Crippen molar-refractivity contribution >= 4 is 17.7 Å². The van der Waals surface area contributed by atoms with Crippen LogP contribution in [0.5, 0.6) is 0 Å². The van der Waals surface area contributed by atoms with Crippen LogP contribution in [0, 0.1) is 12.8 Å². The standard InChI is InChI=1S/C19H28N2OS/c1-15-6-3-4-8-17(15)18-9-11-21(12-13-23-18)19(22)16-7-5-10-20(2)14-16/h3-4,6,8,16,18H,5,7,9-14H2,1-2H3. The van der Waals surface area contributed by atoms with Crippen LogP contribution in [0.15, 0.2) is 24.3 Å². The van der Waals surface area contributed by atoms with E-state index in [9.17, 15) is 4.79 Å². The molecule has 2 aliphatic heterocycles. The van der Waals surface area contributed by atoms with E-state index in [2.05, 4.69) is 48.0 Å². The Kier molecular flexibility index (Phi) is 5.65. The molecule has 0 saturated carbocycles. The SMILES string of the molecule is Cc1ccccc1C1CCN(C(=O)C2CCCN(C)C2)CCS1. The molecule has 0 spiro atoms. The van der Waals surface area contributed by atoms with Crippen LogP contribution in [-0.2, 0) is 4.79 Å². The molecule has 0 aromatic heterocycles. The third kappa shape index (κ3) is 4.10. The van der Waals surface area contributed by atoms with Gasteiger partial charge in [0.1, 0.15) is 0 Å². The molecule has 2 heterocycles. The lowest BCUT2D eigenvalue weighted by Gasteiger charge is -2.32. The molecule has 23 heavy (non-hydrogen) atoms. The van der Waals surface area contributed by atoms with Crippen LogP contribution in [0.4, 0.5) is 0 Å². The summed E-state index contributed by atoms with van der Waals surface area (Å²) in [6.07, 6.45) is 3.29. The number of rotatable bonds is 2. The van der Waals surface area contributed by atoms with Gasteiger partial charge in [0, 0.05) is 30.6 Å². The van der Waals surface area contributed by atoms with Gasteiger partial charge in [0.15, 0.2) is 0 Å². The summed E-state index contributed by atoms with van der Waals surface area (Å²) < 4.78 is 0. The van der Waals surface area contributed by atoms with E-state index in [1.165, 1.54) is 11.1 Å². The van der Waals surface area contributed by atoms with Gasteiger partial charge in [-0.2, -0.15) is 11.8 Å². The number of nitrogens with zero attached hydrogens (tertiary/aromatic N) is 2. The number of hydrogen-bond acceptors (Lipinski definition) is 3. The number of amides is 1. The second-order valence-electron chi connectivity index (χ2n) is 6.93. The van der Waals surface area contributed by atoms with Crippen molar-refractivity contribution in [1.82, 2.24) is 9.80 Å². The normalized spacial score (nSPS) is 26.8. The highest BCUT2D eigenvalue weighted by atomic mass is 32.2. The fourth-order valence-corrected chi connectivity index (χ4v) is 5.14. The van der Waals surface area contributed by atoms with Crippen LogP contribution in [0.3, 0.4) is 0 Å². The van der Waals surface area contributed by atoms with Crippen LogP contribution in [0.25, 0.3) is 0 Å². The topological polar surface area (TPSA) is 23.6 Å². The summed E-state index contributed by atoms with van der Waals surface area (Å²) in [5, 5.41) is 0.531. The summed E-state index contributed by atoms with van der Waals surface area (Å²) in [6, 6.07) is 8.69. The molecule has 1 aromatic carbocycles. The molecule has 0 bridgehead atoms. The first-order valence-corrected chi connectivity index (χ1v) is 9.84. The smallest absolute Gasteiger partial charge is 0.227 e.